The molecule has 0 atom stereocenters. The van der Waals surface area contributed by atoms with Crippen molar-refractivity contribution in [1.82, 2.24) is 5.32 Å². The quantitative estimate of drug-likeness (QED) is 0.683. The number of amides is 1. The average molecular weight is 200 g/mol. The molecule has 0 unspecified atom stereocenters. The fraction of sp³-hybridized carbons (Fsp3) is 0.778. The number of rotatable bonds is 5. The lowest BCUT2D eigenvalue weighted by Gasteiger charge is -2.14. The molecule has 0 bridgehead atoms. The zero-order chi connectivity index (χ0) is 10.3. The summed E-state index contributed by atoms with van der Waals surface area (Å²) < 4.78 is 0. The van der Waals surface area contributed by atoms with Crippen LogP contribution in [0.15, 0.2) is 0 Å². The molecule has 0 aromatic carbocycles. The van der Waals surface area contributed by atoms with Gasteiger partial charge >= 0.3 is 0 Å². The van der Waals surface area contributed by atoms with Crippen molar-refractivity contribution in [2.24, 2.45) is 5.41 Å². The van der Waals surface area contributed by atoms with Gasteiger partial charge in [0, 0.05) is 6.54 Å². The van der Waals surface area contributed by atoms with Gasteiger partial charge < -0.3 is 5.32 Å². The van der Waals surface area contributed by atoms with Crippen LogP contribution in [0.2, 0.25) is 0 Å². The Morgan fingerprint density at radius 2 is 2.23 bits per heavy atom. The molecule has 4 heteroatoms. The zero-order valence-electron chi connectivity index (χ0n) is 8.39. The minimum absolute atomic E-state index is 0.184. The van der Waals surface area contributed by atoms with E-state index in [1.807, 2.05) is 12.3 Å². The number of hydrogen-bond acceptors (Lipinski definition) is 3. The predicted octanol–water partition coefficient (Wildman–Crippen LogP) is 1.41. The lowest BCUT2D eigenvalue weighted by Crippen LogP contribution is -2.36. The molecule has 3 nitrogen and oxygen atoms in total. The molecular weight excluding hydrogens is 184 g/mol. The van der Waals surface area contributed by atoms with E-state index >= 15 is 0 Å². The number of thioether (sulfide) groups is 1. The van der Waals surface area contributed by atoms with Crippen LogP contribution in [0, 0.1) is 16.7 Å². The third-order valence-electron chi connectivity index (χ3n) is 1.66. The van der Waals surface area contributed by atoms with E-state index in [-0.39, 0.29) is 5.91 Å². The van der Waals surface area contributed by atoms with Gasteiger partial charge in [-0.05, 0) is 32.3 Å². The topological polar surface area (TPSA) is 52.9 Å². The number of nitrogens with zero attached hydrogens (tertiary/aromatic N) is 1. The predicted molar refractivity (Wildman–Crippen MR) is 55.4 cm³/mol. The van der Waals surface area contributed by atoms with Gasteiger partial charge in [-0.1, -0.05) is 0 Å². The summed E-state index contributed by atoms with van der Waals surface area (Å²) in [4.78, 5) is 11.3. The Balaban J connectivity index is 3.70. The normalized spacial score (nSPS) is 10.6. The molecule has 0 saturated carbocycles. The van der Waals surface area contributed by atoms with Crippen molar-refractivity contribution in [3.8, 4) is 6.07 Å². The smallest absolute Gasteiger partial charge is 0.239 e. The van der Waals surface area contributed by atoms with Crippen LogP contribution >= 0.6 is 11.8 Å². The summed E-state index contributed by atoms with van der Waals surface area (Å²) in [5.74, 6) is 0.851. The first-order chi connectivity index (χ1) is 6.04. The molecule has 74 valence electrons. The third-order valence-corrected chi connectivity index (χ3v) is 2.35. The summed E-state index contributed by atoms with van der Waals surface area (Å²) >= 11 is 1.75. The van der Waals surface area contributed by atoms with E-state index < -0.39 is 5.41 Å². The minimum Gasteiger partial charge on any atom is -0.355 e. The van der Waals surface area contributed by atoms with Gasteiger partial charge in [0.15, 0.2) is 0 Å². The molecule has 0 rings (SSSR count). The molecule has 1 amide bonds. The lowest BCUT2D eigenvalue weighted by atomic mass is 9.95. The number of carbonyl (C=O) groups excluding carboxylic acids is 1. The molecule has 0 aliphatic heterocycles. The average Bonchev–Trinajstić information content (AvgIpc) is 2.12. The van der Waals surface area contributed by atoms with Crippen LogP contribution in [0.3, 0.4) is 0 Å². The lowest BCUT2D eigenvalue weighted by molar-refractivity contribution is -0.126. The molecule has 0 saturated heterocycles. The summed E-state index contributed by atoms with van der Waals surface area (Å²) in [6, 6.07) is 1.96. The highest BCUT2D eigenvalue weighted by Crippen LogP contribution is 2.12. The van der Waals surface area contributed by atoms with Crippen LogP contribution in [0.4, 0.5) is 0 Å². The Bertz CT molecular complexity index is 208. The molecule has 0 radical (unpaired) electrons. The van der Waals surface area contributed by atoms with E-state index in [1.54, 1.807) is 25.6 Å². The first-order valence-electron chi connectivity index (χ1n) is 4.23. The Labute approximate surface area is 83.9 Å². The van der Waals surface area contributed by atoms with Crippen LogP contribution in [-0.4, -0.2) is 24.5 Å². The molecule has 1 N–H and O–H groups in total. The van der Waals surface area contributed by atoms with E-state index in [4.69, 9.17) is 5.26 Å². The Morgan fingerprint density at radius 3 is 2.69 bits per heavy atom. The Morgan fingerprint density at radius 1 is 1.62 bits per heavy atom. The van der Waals surface area contributed by atoms with Crippen molar-refractivity contribution in [3.63, 3.8) is 0 Å². The second-order valence-electron chi connectivity index (χ2n) is 3.34. The maximum Gasteiger partial charge on any atom is 0.239 e. The largest absolute Gasteiger partial charge is 0.355 e. The number of hydrogen-bond donors (Lipinski definition) is 1. The first-order valence-corrected chi connectivity index (χ1v) is 5.62. The molecule has 0 aromatic rings. The number of carbonyl (C=O) groups is 1. The van der Waals surface area contributed by atoms with Gasteiger partial charge in [0.05, 0.1) is 6.07 Å². The fourth-order valence-corrected chi connectivity index (χ4v) is 1.12. The first kappa shape index (κ1) is 12.3. The van der Waals surface area contributed by atoms with Crippen molar-refractivity contribution in [2.45, 2.75) is 20.3 Å². The Hall–Kier alpha value is -0.690. The molecule has 0 aliphatic rings. The minimum atomic E-state index is -0.903. The summed E-state index contributed by atoms with van der Waals surface area (Å²) in [5.41, 5.74) is -0.903. The van der Waals surface area contributed by atoms with E-state index in [0.29, 0.717) is 6.54 Å². The fourth-order valence-electron chi connectivity index (χ4n) is 0.690. The van der Waals surface area contributed by atoms with Crippen LogP contribution in [0.1, 0.15) is 20.3 Å². The highest BCUT2D eigenvalue weighted by Gasteiger charge is 2.26. The monoisotopic (exact) mass is 200 g/mol. The van der Waals surface area contributed by atoms with Gasteiger partial charge in [0.2, 0.25) is 5.91 Å². The van der Waals surface area contributed by atoms with E-state index in [9.17, 15) is 4.79 Å². The molecule has 0 fully saturated rings. The summed E-state index contributed by atoms with van der Waals surface area (Å²) in [7, 11) is 0. The summed E-state index contributed by atoms with van der Waals surface area (Å²) in [6.45, 7) is 3.90. The van der Waals surface area contributed by atoms with Crippen LogP contribution in [-0.2, 0) is 4.79 Å². The van der Waals surface area contributed by atoms with Gasteiger partial charge in [-0.3, -0.25) is 4.79 Å². The van der Waals surface area contributed by atoms with Crippen molar-refractivity contribution in [1.29, 1.82) is 5.26 Å². The standard InChI is InChI=1S/C9H16N2OS/c1-9(2,7-10)8(12)11-5-4-6-13-3/h4-6H2,1-3H3,(H,11,12). The molecular formula is C9H16N2OS. The molecule has 13 heavy (non-hydrogen) atoms. The summed E-state index contributed by atoms with van der Waals surface area (Å²) in [5, 5.41) is 11.4. The van der Waals surface area contributed by atoms with E-state index in [1.165, 1.54) is 0 Å². The van der Waals surface area contributed by atoms with Crippen LogP contribution < -0.4 is 5.32 Å². The van der Waals surface area contributed by atoms with Crippen LogP contribution in [0.25, 0.3) is 0 Å². The highest BCUT2D eigenvalue weighted by molar-refractivity contribution is 7.98. The zero-order valence-corrected chi connectivity index (χ0v) is 9.20. The van der Waals surface area contributed by atoms with Crippen molar-refractivity contribution in [3.05, 3.63) is 0 Å². The van der Waals surface area contributed by atoms with Crippen molar-refractivity contribution >= 4 is 17.7 Å². The third kappa shape index (κ3) is 4.79. The molecule has 0 spiro atoms. The van der Waals surface area contributed by atoms with Gasteiger partial charge in [-0.25, -0.2) is 0 Å². The second-order valence-corrected chi connectivity index (χ2v) is 4.32. The van der Waals surface area contributed by atoms with Crippen LogP contribution in [0.5, 0.6) is 0 Å². The van der Waals surface area contributed by atoms with Gasteiger partial charge in [-0.15, -0.1) is 0 Å². The van der Waals surface area contributed by atoms with E-state index in [2.05, 4.69) is 5.32 Å². The second kappa shape index (κ2) is 5.87. The molecule has 0 aliphatic carbocycles. The van der Waals surface area contributed by atoms with Crippen molar-refractivity contribution < 1.29 is 4.79 Å². The van der Waals surface area contributed by atoms with Gasteiger partial charge in [-0.2, -0.15) is 17.0 Å². The SMILES string of the molecule is CSCCCNC(=O)C(C)(C)C#N. The highest BCUT2D eigenvalue weighted by atomic mass is 32.2. The maximum absolute atomic E-state index is 11.3. The van der Waals surface area contributed by atoms with Crippen molar-refractivity contribution in [2.75, 3.05) is 18.6 Å². The molecule has 0 heterocycles. The Kier molecular flexibility index (Phi) is 5.56. The summed E-state index contributed by atoms with van der Waals surface area (Å²) in [6.07, 6.45) is 2.98. The maximum atomic E-state index is 11.3. The van der Waals surface area contributed by atoms with Gasteiger partial charge in [0.1, 0.15) is 5.41 Å². The molecule has 0 aromatic heterocycles. The van der Waals surface area contributed by atoms with E-state index in [0.717, 1.165) is 12.2 Å². The number of nitriles is 1. The van der Waals surface area contributed by atoms with Gasteiger partial charge in [0.25, 0.3) is 0 Å². The number of nitrogens with one attached hydrogen (secondary N) is 1.